The smallest absolute Gasteiger partial charge is 0.00199 e. The topological polar surface area (TPSA) is 0 Å². The lowest BCUT2D eigenvalue weighted by Crippen LogP contribution is -1.95. The summed E-state index contributed by atoms with van der Waals surface area (Å²) in [6, 6.07) is 54.5. The molecule has 8 aromatic carbocycles. The second-order valence-electron chi connectivity index (χ2n) is 13.3. The summed E-state index contributed by atoms with van der Waals surface area (Å²) < 4.78 is 0. The van der Waals surface area contributed by atoms with Crippen molar-refractivity contribution in [2.75, 3.05) is 0 Å². The summed E-state index contributed by atoms with van der Waals surface area (Å²) >= 11 is 0. The number of rotatable bonds is 5. The van der Waals surface area contributed by atoms with Crippen LogP contribution in [0.25, 0.3) is 76.5 Å². The normalized spacial score (nSPS) is 11.9. The van der Waals surface area contributed by atoms with Crippen LogP contribution in [0.5, 0.6) is 0 Å². The monoisotopic (exact) mass is 590 g/mol. The summed E-state index contributed by atoms with van der Waals surface area (Å²) in [6.07, 6.45) is 0. The van der Waals surface area contributed by atoms with Gasteiger partial charge in [-0.1, -0.05) is 161 Å². The van der Waals surface area contributed by atoms with Gasteiger partial charge in [0.25, 0.3) is 0 Å². The highest BCUT2D eigenvalue weighted by atomic mass is 14.2. The standard InChI is InChI=1S/C46H38/c1-29(2)32-22-23-33-28-44(38-17-9-8-16-37(38)43(33)27-32)46-41-20-12-10-18-39(41)45(40-19-11-13-21-42(40)46)36-25-34(30(3)4)24-35(26-36)31-14-6-5-7-15-31/h5-30H,1-4H3. The number of benzene rings is 8. The minimum atomic E-state index is 0.416. The molecule has 0 fully saturated rings. The van der Waals surface area contributed by atoms with Crippen LogP contribution in [0.2, 0.25) is 0 Å². The van der Waals surface area contributed by atoms with Gasteiger partial charge >= 0.3 is 0 Å². The second kappa shape index (κ2) is 11.3. The van der Waals surface area contributed by atoms with E-state index in [1.165, 1.54) is 87.6 Å². The third-order valence-electron chi connectivity index (χ3n) is 9.77. The molecule has 0 bridgehead atoms. The SMILES string of the molecule is CC(C)c1cc(-c2ccccc2)cc(-c2c3ccccc3c(-c3cc4ccc(C(C)C)cc4c4ccccc34)c3ccccc23)c1. The van der Waals surface area contributed by atoms with Crippen molar-refractivity contribution < 1.29 is 0 Å². The molecule has 0 radical (unpaired) electrons. The summed E-state index contributed by atoms with van der Waals surface area (Å²) in [5, 5.41) is 10.4. The molecule has 0 aliphatic rings. The van der Waals surface area contributed by atoms with Crippen LogP contribution in [0.3, 0.4) is 0 Å². The average Bonchev–Trinajstić information content (AvgIpc) is 3.10. The zero-order valence-electron chi connectivity index (χ0n) is 27.0. The van der Waals surface area contributed by atoms with E-state index in [2.05, 4.69) is 173 Å². The molecule has 0 nitrogen and oxygen atoms in total. The Bertz CT molecular complexity index is 2350. The van der Waals surface area contributed by atoms with Crippen molar-refractivity contribution in [1.82, 2.24) is 0 Å². The molecule has 0 saturated carbocycles. The van der Waals surface area contributed by atoms with E-state index in [-0.39, 0.29) is 0 Å². The maximum Gasteiger partial charge on any atom is -0.00199 e. The predicted octanol–water partition coefficient (Wildman–Crippen LogP) is 13.5. The van der Waals surface area contributed by atoms with Gasteiger partial charge in [-0.3, -0.25) is 0 Å². The van der Waals surface area contributed by atoms with Crippen LogP contribution in [0, 0.1) is 0 Å². The molecule has 0 heteroatoms. The first-order valence-corrected chi connectivity index (χ1v) is 16.6. The Morgan fingerprint density at radius 2 is 0.848 bits per heavy atom. The molecule has 0 saturated heterocycles. The fraction of sp³-hybridized carbons (Fsp3) is 0.130. The third-order valence-corrected chi connectivity index (χ3v) is 9.77. The minimum absolute atomic E-state index is 0.416. The van der Waals surface area contributed by atoms with E-state index >= 15 is 0 Å². The summed E-state index contributed by atoms with van der Waals surface area (Å²) in [7, 11) is 0. The fourth-order valence-corrected chi connectivity index (χ4v) is 7.34. The molecule has 0 heterocycles. The highest BCUT2D eigenvalue weighted by Gasteiger charge is 2.20. The molecule has 8 aromatic rings. The van der Waals surface area contributed by atoms with Crippen molar-refractivity contribution in [3.63, 3.8) is 0 Å². The number of fused-ring (bicyclic) bond motifs is 5. The van der Waals surface area contributed by atoms with Crippen LogP contribution in [0.1, 0.15) is 50.7 Å². The Labute approximate surface area is 272 Å². The molecule has 0 aliphatic carbocycles. The highest BCUT2D eigenvalue weighted by Crippen LogP contribution is 2.47. The van der Waals surface area contributed by atoms with Crippen molar-refractivity contribution >= 4 is 43.1 Å². The van der Waals surface area contributed by atoms with Crippen molar-refractivity contribution in [2.24, 2.45) is 0 Å². The summed E-state index contributed by atoms with van der Waals surface area (Å²) in [4.78, 5) is 0. The summed E-state index contributed by atoms with van der Waals surface area (Å²) in [5.74, 6) is 0.902. The largest absolute Gasteiger partial charge is 0.0622 e. The van der Waals surface area contributed by atoms with Crippen LogP contribution in [0.15, 0.2) is 146 Å². The molecular weight excluding hydrogens is 553 g/mol. The Kier molecular flexibility index (Phi) is 6.95. The molecule has 0 spiro atoms. The first kappa shape index (κ1) is 28.3. The maximum atomic E-state index is 2.43. The first-order chi connectivity index (χ1) is 22.5. The predicted molar refractivity (Wildman–Crippen MR) is 201 cm³/mol. The van der Waals surface area contributed by atoms with E-state index in [9.17, 15) is 0 Å². The Morgan fingerprint density at radius 1 is 0.326 bits per heavy atom. The molecule has 0 aromatic heterocycles. The molecule has 0 unspecified atom stereocenters. The lowest BCUT2D eigenvalue weighted by atomic mass is 9.82. The van der Waals surface area contributed by atoms with Gasteiger partial charge in [-0.2, -0.15) is 0 Å². The maximum absolute atomic E-state index is 2.43. The summed E-state index contributed by atoms with van der Waals surface area (Å²) in [5.41, 5.74) is 10.4. The molecule has 0 amide bonds. The van der Waals surface area contributed by atoms with Gasteiger partial charge in [-0.05, 0) is 112 Å². The van der Waals surface area contributed by atoms with Gasteiger partial charge in [0.1, 0.15) is 0 Å². The van der Waals surface area contributed by atoms with Gasteiger partial charge < -0.3 is 0 Å². The Balaban J connectivity index is 1.49. The van der Waals surface area contributed by atoms with Crippen molar-refractivity contribution in [3.05, 3.63) is 157 Å². The lowest BCUT2D eigenvalue weighted by molar-refractivity contribution is 0.867. The van der Waals surface area contributed by atoms with E-state index in [1.807, 2.05) is 0 Å². The quantitative estimate of drug-likeness (QED) is 0.138. The van der Waals surface area contributed by atoms with Gasteiger partial charge in [0.2, 0.25) is 0 Å². The molecular formula is C46H38. The summed E-state index contributed by atoms with van der Waals surface area (Å²) in [6.45, 7) is 9.14. The minimum Gasteiger partial charge on any atom is -0.0622 e. The molecule has 46 heavy (non-hydrogen) atoms. The zero-order chi connectivity index (χ0) is 31.4. The average molecular weight is 591 g/mol. The van der Waals surface area contributed by atoms with Crippen molar-refractivity contribution in [1.29, 1.82) is 0 Å². The van der Waals surface area contributed by atoms with E-state index < -0.39 is 0 Å². The molecule has 0 N–H and O–H groups in total. The molecule has 0 aliphatic heterocycles. The van der Waals surface area contributed by atoms with E-state index in [1.54, 1.807) is 0 Å². The van der Waals surface area contributed by atoms with E-state index in [4.69, 9.17) is 0 Å². The van der Waals surface area contributed by atoms with E-state index in [0.717, 1.165) is 0 Å². The van der Waals surface area contributed by atoms with Gasteiger partial charge in [-0.25, -0.2) is 0 Å². The molecule has 8 rings (SSSR count). The molecule has 222 valence electrons. The van der Waals surface area contributed by atoms with Crippen LogP contribution in [-0.4, -0.2) is 0 Å². The van der Waals surface area contributed by atoms with Gasteiger partial charge in [0, 0.05) is 0 Å². The van der Waals surface area contributed by atoms with Gasteiger partial charge in [0.15, 0.2) is 0 Å². The number of hydrogen-bond donors (Lipinski definition) is 0. The van der Waals surface area contributed by atoms with E-state index in [0.29, 0.717) is 11.8 Å². The molecule has 0 atom stereocenters. The lowest BCUT2D eigenvalue weighted by Gasteiger charge is -2.21. The van der Waals surface area contributed by atoms with Crippen LogP contribution < -0.4 is 0 Å². The van der Waals surface area contributed by atoms with Crippen molar-refractivity contribution in [3.8, 4) is 33.4 Å². The second-order valence-corrected chi connectivity index (χ2v) is 13.3. The van der Waals surface area contributed by atoms with Gasteiger partial charge in [0.05, 0.1) is 0 Å². The third kappa shape index (κ3) is 4.68. The van der Waals surface area contributed by atoms with Crippen molar-refractivity contribution in [2.45, 2.75) is 39.5 Å². The first-order valence-electron chi connectivity index (χ1n) is 16.6. The van der Waals surface area contributed by atoms with Crippen LogP contribution in [-0.2, 0) is 0 Å². The highest BCUT2D eigenvalue weighted by molar-refractivity contribution is 6.25. The van der Waals surface area contributed by atoms with Gasteiger partial charge in [-0.15, -0.1) is 0 Å². The number of hydrogen-bond acceptors (Lipinski definition) is 0. The van der Waals surface area contributed by atoms with Crippen LogP contribution in [0.4, 0.5) is 0 Å². The van der Waals surface area contributed by atoms with Crippen LogP contribution >= 0.6 is 0 Å². The Morgan fingerprint density at radius 3 is 1.46 bits per heavy atom. The fourth-order valence-electron chi connectivity index (χ4n) is 7.34. The zero-order valence-corrected chi connectivity index (χ0v) is 27.0. The Hall–Kier alpha value is -5.20.